The molecule has 1 aliphatic heterocycles. The molecule has 0 aromatic carbocycles. The average molecular weight is 198 g/mol. The van der Waals surface area contributed by atoms with Crippen molar-refractivity contribution in [3.63, 3.8) is 0 Å². The number of nitrogens with zero attached hydrogens (tertiary/aromatic N) is 1. The van der Waals surface area contributed by atoms with Gasteiger partial charge in [0.1, 0.15) is 0 Å². The van der Waals surface area contributed by atoms with Crippen LogP contribution in [0.4, 0.5) is 0 Å². The van der Waals surface area contributed by atoms with Gasteiger partial charge in [-0.15, -0.1) is 0 Å². The molecule has 0 bridgehead atoms. The van der Waals surface area contributed by atoms with E-state index >= 15 is 0 Å². The molecule has 1 rings (SSSR count). The van der Waals surface area contributed by atoms with Crippen LogP contribution >= 0.6 is 0 Å². The van der Waals surface area contributed by atoms with Gasteiger partial charge in [-0.05, 0) is 19.4 Å². The monoisotopic (exact) mass is 198 g/mol. The summed E-state index contributed by atoms with van der Waals surface area (Å²) in [6.07, 6.45) is 3.91. The summed E-state index contributed by atoms with van der Waals surface area (Å²) < 4.78 is 0. The van der Waals surface area contributed by atoms with Crippen LogP contribution in [-0.2, 0) is 0 Å². The highest BCUT2D eigenvalue weighted by atomic mass is 15.2. The van der Waals surface area contributed by atoms with E-state index < -0.39 is 0 Å². The van der Waals surface area contributed by atoms with Crippen molar-refractivity contribution in [1.82, 2.24) is 10.2 Å². The van der Waals surface area contributed by atoms with Crippen LogP contribution in [-0.4, -0.2) is 37.1 Å². The van der Waals surface area contributed by atoms with Crippen LogP contribution in [0, 0.1) is 5.92 Å². The lowest BCUT2D eigenvalue weighted by atomic mass is 9.95. The summed E-state index contributed by atoms with van der Waals surface area (Å²) in [6, 6.07) is 1.47. The molecule has 1 saturated heterocycles. The SMILES string of the molecule is CCCC1CNC(C(C)CC)CN1C. The molecule has 1 fully saturated rings. The summed E-state index contributed by atoms with van der Waals surface area (Å²) in [5.74, 6) is 0.806. The molecule has 0 aromatic rings. The van der Waals surface area contributed by atoms with Crippen LogP contribution in [0.25, 0.3) is 0 Å². The fraction of sp³-hybridized carbons (Fsp3) is 1.00. The fourth-order valence-electron chi connectivity index (χ4n) is 2.29. The summed E-state index contributed by atoms with van der Waals surface area (Å²) >= 11 is 0. The molecular formula is C12H26N2. The largest absolute Gasteiger partial charge is 0.311 e. The molecule has 0 aromatic heterocycles. The molecule has 3 atom stereocenters. The van der Waals surface area contributed by atoms with Crippen molar-refractivity contribution in [3.8, 4) is 0 Å². The number of hydrogen-bond acceptors (Lipinski definition) is 2. The quantitative estimate of drug-likeness (QED) is 0.744. The zero-order valence-corrected chi connectivity index (χ0v) is 10.2. The maximum atomic E-state index is 3.69. The van der Waals surface area contributed by atoms with Gasteiger partial charge in [0.2, 0.25) is 0 Å². The van der Waals surface area contributed by atoms with Gasteiger partial charge in [-0.1, -0.05) is 33.6 Å². The third-order valence-electron chi connectivity index (χ3n) is 3.68. The lowest BCUT2D eigenvalue weighted by molar-refractivity contribution is 0.130. The molecule has 2 nitrogen and oxygen atoms in total. The Morgan fingerprint density at radius 2 is 2.14 bits per heavy atom. The fourth-order valence-corrected chi connectivity index (χ4v) is 2.29. The van der Waals surface area contributed by atoms with Gasteiger partial charge in [0.25, 0.3) is 0 Å². The van der Waals surface area contributed by atoms with Gasteiger partial charge in [-0.25, -0.2) is 0 Å². The Morgan fingerprint density at radius 3 is 2.64 bits per heavy atom. The molecule has 0 aliphatic carbocycles. The molecule has 3 unspecified atom stereocenters. The standard InChI is InChI=1S/C12H26N2/c1-5-7-11-8-13-12(9-14(11)4)10(3)6-2/h10-13H,5-9H2,1-4H3. The van der Waals surface area contributed by atoms with Crippen LogP contribution in [0.3, 0.4) is 0 Å². The Balaban J connectivity index is 2.38. The van der Waals surface area contributed by atoms with Gasteiger partial charge < -0.3 is 10.2 Å². The van der Waals surface area contributed by atoms with Gasteiger partial charge >= 0.3 is 0 Å². The third kappa shape index (κ3) is 2.96. The topological polar surface area (TPSA) is 15.3 Å². The van der Waals surface area contributed by atoms with Crippen molar-refractivity contribution in [2.75, 3.05) is 20.1 Å². The summed E-state index contributed by atoms with van der Waals surface area (Å²) in [7, 11) is 2.27. The molecule has 1 N–H and O–H groups in total. The highest BCUT2D eigenvalue weighted by Gasteiger charge is 2.26. The minimum atomic E-state index is 0.707. The molecule has 0 spiro atoms. The Bertz CT molecular complexity index is 158. The summed E-state index contributed by atoms with van der Waals surface area (Å²) in [6.45, 7) is 9.31. The maximum Gasteiger partial charge on any atom is 0.0221 e. The van der Waals surface area contributed by atoms with Gasteiger partial charge in [0, 0.05) is 25.2 Å². The lowest BCUT2D eigenvalue weighted by Gasteiger charge is -2.40. The summed E-state index contributed by atoms with van der Waals surface area (Å²) in [5, 5.41) is 3.69. The highest BCUT2D eigenvalue weighted by Crippen LogP contribution is 2.16. The van der Waals surface area contributed by atoms with Crippen LogP contribution in [0.15, 0.2) is 0 Å². The highest BCUT2D eigenvalue weighted by molar-refractivity contribution is 4.86. The van der Waals surface area contributed by atoms with Crippen LogP contribution in [0.1, 0.15) is 40.0 Å². The molecule has 84 valence electrons. The van der Waals surface area contributed by atoms with E-state index in [0.717, 1.165) is 12.0 Å². The van der Waals surface area contributed by atoms with E-state index in [1.165, 1.54) is 32.4 Å². The molecule has 1 aliphatic rings. The van der Waals surface area contributed by atoms with Crippen molar-refractivity contribution < 1.29 is 0 Å². The zero-order chi connectivity index (χ0) is 10.6. The van der Waals surface area contributed by atoms with E-state index in [0.29, 0.717) is 6.04 Å². The lowest BCUT2D eigenvalue weighted by Crippen LogP contribution is -2.56. The van der Waals surface area contributed by atoms with Gasteiger partial charge in [-0.3, -0.25) is 0 Å². The van der Waals surface area contributed by atoms with E-state index in [4.69, 9.17) is 0 Å². The molecule has 1 heterocycles. The predicted octanol–water partition coefficient (Wildman–Crippen LogP) is 2.10. The number of hydrogen-bond donors (Lipinski definition) is 1. The summed E-state index contributed by atoms with van der Waals surface area (Å²) in [5.41, 5.74) is 0. The van der Waals surface area contributed by atoms with Gasteiger partial charge in [-0.2, -0.15) is 0 Å². The smallest absolute Gasteiger partial charge is 0.0221 e. The number of likely N-dealkylation sites (N-methyl/N-ethyl adjacent to an activating group) is 1. The normalized spacial score (nSPS) is 31.7. The number of piperazine rings is 1. The van der Waals surface area contributed by atoms with E-state index in [2.05, 4.69) is 38.0 Å². The third-order valence-corrected chi connectivity index (χ3v) is 3.68. The zero-order valence-electron chi connectivity index (χ0n) is 10.2. The average Bonchev–Trinajstić information content (AvgIpc) is 2.20. The van der Waals surface area contributed by atoms with E-state index in [-0.39, 0.29) is 0 Å². The number of rotatable bonds is 4. The minimum Gasteiger partial charge on any atom is -0.311 e. The van der Waals surface area contributed by atoms with Crippen molar-refractivity contribution >= 4 is 0 Å². The van der Waals surface area contributed by atoms with E-state index in [9.17, 15) is 0 Å². The van der Waals surface area contributed by atoms with Crippen LogP contribution in [0.5, 0.6) is 0 Å². The van der Waals surface area contributed by atoms with Crippen molar-refractivity contribution in [2.45, 2.75) is 52.1 Å². The molecule has 0 saturated carbocycles. The Morgan fingerprint density at radius 1 is 1.43 bits per heavy atom. The minimum absolute atomic E-state index is 0.707. The van der Waals surface area contributed by atoms with Gasteiger partial charge in [0.15, 0.2) is 0 Å². The Kier molecular flexibility index (Phi) is 4.90. The van der Waals surface area contributed by atoms with Crippen LogP contribution in [0.2, 0.25) is 0 Å². The molecular weight excluding hydrogens is 172 g/mol. The van der Waals surface area contributed by atoms with Crippen molar-refractivity contribution in [2.24, 2.45) is 5.92 Å². The second kappa shape index (κ2) is 5.72. The van der Waals surface area contributed by atoms with Crippen LogP contribution < -0.4 is 5.32 Å². The van der Waals surface area contributed by atoms with E-state index in [1.54, 1.807) is 0 Å². The van der Waals surface area contributed by atoms with Crippen molar-refractivity contribution in [3.05, 3.63) is 0 Å². The first-order valence-electron chi connectivity index (χ1n) is 6.12. The second-order valence-corrected chi connectivity index (χ2v) is 4.78. The molecule has 14 heavy (non-hydrogen) atoms. The first kappa shape index (κ1) is 12.0. The van der Waals surface area contributed by atoms with Crippen molar-refractivity contribution in [1.29, 1.82) is 0 Å². The summed E-state index contributed by atoms with van der Waals surface area (Å²) in [4.78, 5) is 2.54. The molecule has 0 radical (unpaired) electrons. The first-order chi connectivity index (χ1) is 6.69. The second-order valence-electron chi connectivity index (χ2n) is 4.78. The number of nitrogens with one attached hydrogen (secondary N) is 1. The Hall–Kier alpha value is -0.0800. The molecule has 0 amide bonds. The first-order valence-corrected chi connectivity index (χ1v) is 6.12. The predicted molar refractivity (Wildman–Crippen MR) is 62.6 cm³/mol. The van der Waals surface area contributed by atoms with Gasteiger partial charge in [0.05, 0.1) is 0 Å². The Labute approximate surface area is 89.1 Å². The molecule has 2 heteroatoms. The van der Waals surface area contributed by atoms with E-state index in [1.807, 2.05) is 0 Å². The maximum absolute atomic E-state index is 3.69.